The Hall–Kier alpha value is -2.78. The maximum absolute atomic E-state index is 9.33. The molecule has 1 atom stereocenters. The van der Waals surface area contributed by atoms with Gasteiger partial charge in [0.2, 0.25) is 0 Å². The first-order chi connectivity index (χ1) is 10.7. The number of nitriles is 2. The lowest BCUT2D eigenvalue weighted by atomic mass is 9.94. The molecule has 0 spiro atoms. The van der Waals surface area contributed by atoms with Crippen LogP contribution in [-0.4, -0.2) is 6.61 Å². The molecule has 0 N–H and O–H groups in total. The quantitative estimate of drug-likeness (QED) is 0.744. The number of hydrogen-bond acceptors (Lipinski definition) is 3. The molecule has 22 heavy (non-hydrogen) atoms. The van der Waals surface area contributed by atoms with E-state index in [9.17, 15) is 5.26 Å². The number of para-hydroxylation sites is 1. The first-order valence-corrected chi connectivity index (χ1v) is 7.32. The maximum atomic E-state index is 9.33. The summed E-state index contributed by atoms with van der Waals surface area (Å²) in [5.74, 6) is 0.691. The second kappa shape index (κ2) is 7.86. The van der Waals surface area contributed by atoms with E-state index in [0.29, 0.717) is 12.2 Å². The van der Waals surface area contributed by atoms with E-state index in [0.717, 1.165) is 29.7 Å². The van der Waals surface area contributed by atoms with E-state index in [1.807, 2.05) is 43.3 Å². The standard InChI is InChI=1S/C19H18N2O/c1-15-6-2-3-10-19(15)22-11-5-9-18(14-21)17-8-4-7-16(12-17)13-20/h2-4,6-8,10,12,18H,5,9,11H2,1H3. The van der Waals surface area contributed by atoms with Crippen LogP contribution < -0.4 is 4.74 Å². The van der Waals surface area contributed by atoms with Crippen molar-refractivity contribution in [2.75, 3.05) is 6.61 Å². The number of nitrogens with zero attached hydrogens (tertiary/aromatic N) is 2. The summed E-state index contributed by atoms with van der Waals surface area (Å²) in [6.45, 7) is 2.60. The zero-order chi connectivity index (χ0) is 15.8. The fraction of sp³-hybridized carbons (Fsp3) is 0.263. The summed E-state index contributed by atoms with van der Waals surface area (Å²) in [6, 6.07) is 19.6. The van der Waals surface area contributed by atoms with E-state index in [1.54, 1.807) is 12.1 Å². The molecule has 0 aliphatic heterocycles. The van der Waals surface area contributed by atoms with E-state index in [4.69, 9.17) is 10.00 Å². The molecular weight excluding hydrogens is 272 g/mol. The molecule has 0 heterocycles. The first kappa shape index (κ1) is 15.6. The van der Waals surface area contributed by atoms with Gasteiger partial charge in [-0.3, -0.25) is 0 Å². The Balaban J connectivity index is 1.88. The largest absolute Gasteiger partial charge is 0.493 e. The summed E-state index contributed by atoms with van der Waals surface area (Å²) in [4.78, 5) is 0. The van der Waals surface area contributed by atoms with Crippen molar-refractivity contribution in [2.45, 2.75) is 25.7 Å². The van der Waals surface area contributed by atoms with Crippen LogP contribution >= 0.6 is 0 Å². The topological polar surface area (TPSA) is 56.8 Å². The van der Waals surface area contributed by atoms with Gasteiger partial charge in [-0.15, -0.1) is 0 Å². The molecule has 3 heteroatoms. The van der Waals surface area contributed by atoms with Crippen molar-refractivity contribution < 1.29 is 4.74 Å². The van der Waals surface area contributed by atoms with Crippen LogP contribution in [0, 0.1) is 29.6 Å². The molecule has 2 rings (SSSR count). The Morgan fingerprint density at radius 1 is 1.09 bits per heavy atom. The molecule has 2 aromatic rings. The van der Waals surface area contributed by atoms with E-state index in [2.05, 4.69) is 12.1 Å². The molecule has 0 aromatic heterocycles. The van der Waals surface area contributed by atoms with Gasteiger partial charge in [-0.1, -0.05) is 30.3 Å². The van der Waals surface area contributed by atoms with Gasteiger partial charge in [0.25, 0.3) is 0 Å². The minimum absolute atomic E-state index is 0.200. The summed E-state index contributed by atoms with van der Waals surface area (Å²) in [5.41, 5.74) is 2.60. The molecule has 0 radical (unpaired) electrons. The van der Waals surface area contributed by atoms with E-state index in [1.165, 1.54) is 0 Å². The zero-order valence-electron chi connectivity index (χ0n) is 12.6. The maximum Gasteiger partial charge on any atom is 0.122 e. The van der Waals surface area contributed by atoms with Crippen LogP contribution in [0.15, 0.2) is 48.5 Å². The predicted molar refractivity (Wildman–Crippen MR) is 85.4 cm³/mol. The van der Waals surface area contributed by atoms with Crippen LogP contribution in [0.25, 0.3) is 0 Å². The van der Waals surface area contributed by atoms with E-state index < -0.39 is 0 Å². The van der Waals surface area contributed by atoms with Crippen LogP contribution in [0.2, 0.25) is 0 Å². The van der Waals surface area contributed by atoms with Gasteiger partial charge in [0.05, 0.1) is 30.2 Å². The van der Waals surface area contributed by atoms with Crippen molar-refractivity contribution in [1.82, 2.24) is 0 Å². The molecule has 3 nitrogen and oxygen atoms in total. The average Bonchev–Trinajstić information content (AvgIpc) is 2.56. The molecule has 110 valence electrons. The van der Waals surface area contributed by atoms with Crippen LogP contribution in [0.1, 0.15) is 35.4 Å². The van der Waals surface area contributed by atoms with Gasteiger partial charge in [-0.05, 0) is 49.1 Å². The Kier molecular flexibility index (Phi) is 5.57. The van der Waals surface area contributed by atoms with Crippen LogP contribution in [0.3, 0.4) is 0 Å². The normalized spacial score (nSPS) is 11.2. The van der Waals surface area contributed by atoms with Crippen LogP contribution in [-0.2, 0) is 0 Å². The Bertz CT molecular complexity index is 710. The van der Waals surface area contributed by atoms with Gasteiger partial charge in [0.15, 0.2) is 0 Å². The monoisotopic (exact) mass is 290 g/mol. The first-order valence-electron chi connectivity index (χ1n) is 7.32. The fourth-order valence-corrected chi connectivity index (χ4v) is 2.32. The smallest absolute Gasteiger partial charge is 0.122 e. The Morgan fingerprint density at radius 2 is 1.91 bits per heavy atom. The molecule has 0 saturated heterocycles. The lowest BCUT2D eigenvalue weighted by Gasteiger charge is -2.11. The van der Waals surface area contributed by atoms with Gasteiger partial charge in [-0.2, -0.15) is 10.5 Å². The lowest BCUT2D eigenvalue weighted by Crippen LogP contribution is -2.03. The highest BCUT2D eigenvalue weighted by atomic mass is 16.5. The summed E-state index contributed by atoms with van der Waals surface area (Å²) in [5, 5.41) is 18.3. The van der Waals surface area contributed by atoms with E-state index >= 15 is 0 Å². The van der Waals surface area contributed by atoms with Crippen LogP contribution in [0.4, 0.5) is 0 Å². The summed E-state index contributed by atoms with van der Waals surface area (Å²) in [7, 11) is 0. The third-order valence-corrected chi connectivity index (χ3v) is 3.56. The van der Waals surface area contributed by atoms with Gasteiger partial charge >= 0.3 is 0 Å². The SMILES string of the molecule is Cc1ccccc1OCCCC(C#N)c1cccc(C#N)c1. The second-order valence-electron chi connectivity index (χ2n) is 5.18. The van der Waals surface area contributed by atoms with Crippen molar-refractivity contribution in [3.8, 4) is 17.9 Å². The number of rotatable bonds is 6. The number of ether oxygens (including phenoxy) is 1. The van der Waals surface area contributed by atoms with Crippen molar-refractivity contribution in [2.24, 2.45) is 0 Å². The zero-order valence-corrected chi connectivity index (χ0v) is 12.6. The summed E-state index contributed by atoms with van der Waals surface area (Å²) in [6.07, 6.45) is 1.51. The molecule has 2 aromatic carbocycles. The minimum atomic E-state index is -0.200. The molecule has 0 aliphatic carbocycles. The Morgan fingerprint density at radius 3 is 2.64 bits per heavy atom. The number of hydrogen-bond donors (Lipinski definition) is 0. The molecule has 0 saturated carbocycles. The summed E-state index contributed by atoms with van der Waals surface area (Å²) < 4.78 is 5.75. The number of aryl methyl sites for hydroxylation is 1. The van der Waals surface area contributed by atoms with Gasteiger partial charge in [-0.25, -0.2) is 0 Å². The Labute approximate surface area is 131 Å². The molecule has 0 bridgehead atoms. The highest BCUT2D eigenvalue weighted by Crippen LogP contribution is 2.22. The van der Waals surface area contributed by atoms with Crippen molar-refractivity contribution in [1.29, 1.82) is 10.5 Å². The molecule has 0 amide bonds. The molecule has 1 unspecified atom stereocenters. The molecule has 0 fully saturated rings. The number of benzene rings is 2. The fourth-order valence-electron chi connectivity index (χ4n) is 2.32. The minimum Gasteiger partial charge on any atom is -0.493 e. The van der Waals surface area contributed by atoms with Crippen molar-refractivity contribution >= 4 is 0 Å². The van der Waals surface area contributed by atoms with Crippen LogP contribution in [0.5, 0.6) is 5.75 Å². The van der Waals surface area contributed by atoms with Gasteiger partial charge < -0.3 is 4.74 Å². The van der Waals surface area contributed by atoms with Gasteiger partial charge in [0, 0.05) is 0 Å². The third-order valence-electron chi connectivity index (χ3n) is 3.56. The lowest BCUT2D eigenvalue weighted by molar-refractivity contribution is 0.303. The third kappa shape index (κ3) is 4.11. The average molecular weight is 290 g/mol. The van der Waals surface area contributed by atoms with Crippen molar-refractivity contribution in [3.63, 3.8) is 0 Å². The second-order valence-corrected chi connectivity index (χ2v) is 5.18. The molecule has 0 aliphatic rings. The predicted octanol–water partition coefficient (Wildman–Crippen LogP) is 4.33. The van der Waals surface area contributed by atoms with E-state index in [-0.39, 0.29) is 5.92 Å². The summed E-state index contributed by atoms with van der Waals surface area (Å²) >= 11 is 0. The molecular formula is C19H18N2O. The van der Waals surface area contributed by atoms with Gasteiger partial charge in [0.1, 0.15) is 5.75 Å². The highest BCUT2D eigenvalue weighted by molar-refractivity contribution is 5.36. The highest BCUT2D eigenvalue weighted by Gasteiger charge is 2.11. The van der Waals surface area contributed by atoms with Crippen molar-refractivity contribution in [3.05, 3.63) is 65.2 Å².